The lowest BCUT2D eigenvalue weighted by Gasteiger charge is -2.22. The van der Waals surface area contributed by atoms with Gasteiger partial charge >= 0.3 is 0 Å². The second kappa shape index (κ2) is 5.51. The second-order valence-electron chi connectivity index (χ2n) is 5.03. The van der Waals surface area contributed by atoms with Crippen molar-refractivity contribution < 1.29 is 9.13 Å². The van der Waals surface area contributed by atoms with Crippen LogP contribution in [0.2, 0.25) is 0 Å². The highest BCUT2D eigenvalue weighted by atomic mass is 19.1. The fourth-order valence-corrected chi connectivity index (χ4v) is 2.39. The summed E-state index contributed by atoms with van der Waals surface area (Å²) in [4.78, 5) is 0. The van der Waals surface area contributed by atoms with Gasteiger partial charge in [-0.1, -0.05) is 30.3 Å². The van der Waals surface area contributed by atoms with Crippen LogP contribution in [0.1, 0.15) is 5.56 Å². The normalized spacial score (nSPS) is 21.3. The fraction of sp³-hybridized carbons (Fsp3) is 0.250. The number of hydrogen-bond acceptors (Lipinski definition) is 3. The fourth-order valence-electron chi connectivity index (χ4n) is 2.39. The number of nitrogens with two attached hydrogens (primary N) is 1. The van der Waals surface area contributed by atoms with E-state index in [1.807, 2.05) is 18.2 Å². The standard InChI is InChI=1S/C16H17FN2O/c17-12-6-7-15-14(9-12)19-10-13(18)16(20-15)8-11-4-2-1-3-5-11/h1-7,9,13,16,19H,8,10,18H2/t13-,16+/m1/s1. The molecular weight excluding hydrogens is 255 g/mol. The van der Waals surface area contributed by atoms with Crippen molar-refractivity contribution in [3.8, 4) is 5.75 Å². The Labute approximate surface area is 117 Å². The molecule has 0 aromatic heterocycles. The molecule has 1 aliphatic rings. The quantitative estimate of drug-likeness (QED) is 0.883. The second-order valence-corrected chi connectivity index (χ2v) is 5.03. The Morgan fingerprint density at radius 3 is 2.80 bits per heavy atom. The van der Waals surface area contributed by atoms with Crippen molar-refractivity contribution in [3.63, 3.8) is 0 Å². The van der Waals surface area contributed by atoms with Gasteiger partial charge in [0, 0.05) is 19.0 Å². The van der Waals surface area contributed by atoms with Crippen LogP contribution in [0.15, 0.2) is 48.5 Å². The van der Waals surface area contributed by atoms with Crippen molar-refractivity contribution in [1.29, 1.82) is 0 Å². The Balaban J connectivity index is 1.82. The first-order valence-electron chi connectivity index (χ1n) is 6.72. The average Bonchev–Trinajstić information content (AvgIpc) is 2.61. The van der Waals surface area contributed by atoms with Crippen molar-refractivity contribution in [1.82, 2.24) is 0 Å². The monoisotopic (exact) mass is 272 g/mol. The van der Waals surface area contributed by atoms with E-state index < -0.39 is 0 Å². The summed E-state index contributed by atoms with van der Waals surface area (Å²) in [6, 6.07) is 14.4. The zero-order chi connectivity index (χ0) is 13.9. The summed E-state index contributed by atoms with van der Waals surface area (Å²) in [5, 5.41) is 3.14. The van der Waals surface area contributed by atoms with Gasteiger partial charge in [-0.25, -0.2) is 4.39 Å². The molecule has 1 heterocycles. The first kappa shape index (κ1) is 12.9. The molecule has 4 heteroatoms. The molecule has 2 aromatic rings. The minimum absolute atomic E-state index is 0.128. The van der Waals surface area contributed by atoms with Gasteiger partial charge in [-0.15, -0.1) is 0 Å². The van der Waals surface area contributed by atoms with Gasteiger partial charge < -0.3 is 15.8 Å². The number of halogens is 1. The van der Waals surface area contributed by atoms with Crippen molar-refractivity contribution >= 4 is 5.69 Å². The number of hydrogen-bond donors (Lipinski definition) is 2. The highest BCUT2D eigenvalue weighted by molar-refractivity contribution is 5.57. The summed E-state index contributed by atoms with van der Waals surface area (Å²) in [7, 11) is 0. The van der Waals surface area contributed by atoms with E-state index in [2.05, 4.69) is 17.4 Å². The first-order chi connectivity index (χ1) is 9.72. The van der Waals surface area contributed by atoms with Gasteiger partial charge in [-0.05, 0) is 17.7 Å². The lowest BCUT2D eigenvalue weighted by molar-refractivity contribution is 0.181. The van der Waals surface area contributed by atoms with Crippen LogP contribution in [0.4, 0.5) is 10.1 Å². The molecule has 20 heavy (non-hydrogen) atoms. The maximum Gasteiger partial charge on any atom is 0.143 e. The van der Waals surface area contributed by atoms with Crippen molar-refractivity contribution in [2.75, 3.05) is 11.9 Å². The Morgan fingerprint density at radius 2 is 2.00 bits per heavy atom. The first-order valence-corrected chi connectivity index (χ1v) is 6.72. The largest absolute Gasteiger partial charge is 0.486 e. The maximum atomic E-state index is 13.2. The Kier molecular flexibility index (Phi) is 3.56. The molecule has 2 atom stereocenters. The van der Waals surface area contributed by atoms with Crippen molar-refractivity contribution in [3.05, 3.63) is 59.9 Å². The summed E-state index contributed by atoms with van der Waals surface area (Å²) in [5.41, 5.74) is 8.01. The summed E-state index contributed by atoms with van der Waals surface area (Å²) in [6.45, 7) is 0.563. The van der Waals surface area contributed by atoms with Crippen LogP contribution in [0, 0.1) is 5.82 Å². The van der Waals surface area contributed by atoms with Gasteiger partial charge in [-0.2, -0.15) is 0 Å². The molecule has 1 aliphatic heterocycles. The van der Waals surface area contributed by atoms with E-state index in [9.17, 15) is 4.39 Å². The molecule has 0 fully saturated rings. The van der Waals surface area contributed by atoms with Crippen LogP contribution < -0.4 is 15.8 Å². The Bertz CT molecular complexity index is 588. The van der Waals surface area contributed by atoms with Crippen LogP contribution in [-0.2, 0) is 6.42 Å². The van der Waals surface area contributed by atoms with Crippen LogP contribution in [0.25, 0.3) is 0 Å². The van der Waals surface area contributed by atoms with E-state index in [1.54, 1.807) is 6.07 Å². The van der Waals surface area contributed by atoms with E-state index in [-0.39, 0.29) is 18.0 Å². The highest BCUT2D eigenvalue weighted by Crippen LogP contribution is 2.29. The minimum atomic E-state index is -0.282. The third-order valence-corrected chi connectivity index (χ3v) is 3.51. The summed E-state index contributed by atoms with van der Waals surface area (Å²) in [6.07, 6.45) is 0.608. The molecule has 3 N–H and O–H groups in total. The molecule has 0 saturated heterocycles. The van der Waals surface area contributed by atoms with Gasteiger partial charge in [-0.3, -0.25) is 0 Å². The van der Waals surface area contributed by atoms with Gasteiger partial charge in [0.25, 0.3) is 0 Å². The molecule has 2 aromatic carbocycles. The summed E-state index contributed by atoms with van der Waals surface area (Å²) < 4.78 is 19.2. The summed E-state index contributed by atoms with van der Waals surface area (Å²) in [5.74, 6) is 0.371. The van der Waals surface area contributed by atoms with E-state index in [0.717, 1.165) is 6.42 Å². The third-order valence-electron chi connectivity index (χ3n) is 3.51. The number of rotatable bonds is 2. The Morgan fingerprint density at radius 1 is 1.20 bits per heavy atom. The number of anilines is 1. The Hall–Kier alpha value is -2.07. The molecule has 0 aliphatic carbocycles. The molecule has 0 bridgehead atoms. The summed E-state index contributed by atoms with van der Waals surface area (Å²) >= 11 is 0. The number of benzene rings is 2. The zero-order valence-electron chi connectivity index (χ0n) is 11.1. The molecule has 0 spiro atoms. The van der Waals surface area contributed by atoms with Gasteiger partial charge in [0.2, 0.25) is 0 Å². The van der Waals surface area contributed by atoms with Crippen LogP contribution in [-0.4, -0.2) is 18.7 Å². The molecule has 3 nitrogen and oxygen atoms in total. The van der Waals surface area contributed by atoms with Crippen molar-refractivity contribution in [2.24, 2.45) is 5.73 Å². The molecule has 0 unspecified atom stereocenters. The highest BCUT2D eigenvalue weighted by Gasteiger charge is 2.25. The zero-order valence-corrected chi connectivity index (χ0v) is 11.1. The average molecular weight is 272 g/mol. The topological polar surface area (TPSA) is 47.3 Å². The van der Waals surface area contributed by atoms with Crippen molar-refractivity contribution in [2.45, 2.75) is 18.6 Å². The van der Waals surface area contributed by atoms with E-state index in [1.165, 1.54) is 17.7 Å². The molecule has 0 radical (unpaired) electrons. The molecular formula is C16H17FN2O. The third kappa shape index (κ3) is 2.75. The molecule has 0 saturated carbocycles. The predicted molar refractivity (Wildman–Crippen MR) is 77.4 cm³/mol. The maximum absolute atomic E-state index is 13.2. The number of ether oxygens (including phenoxy) is 1. The van der Waals surface area contributed by atoms with E-state index in [0.29, 0.717) is 18.0 Å². The van der Waals surface area contributed by atoms with Crippen LogP contribution in [0.3, 0.4) is 0 Å². The lowest BCUT2D eigenvalue weighted by atomic mass is 10.0. The van der Waals surface area contributed by atoms with Gasteiger partial charge in [0.15, 0.2) is 0 Å². The van der Waals surface area contributed by atoms with E-state index in [4.69, 9.17) is 10.5 Å². The number of fused-ring (bicyclic) bond motifs is 1. The van der Waals surface area contributed by atoms with Gasteiger partial charge in [0.05, 0.1) is 11.7 Å². The van der Waals surface area contributed by atoms with Crippen LogP contribution in [0.5, 0.6) is 5.75 Å². The SMILES string of the molecule is N[C@@H]1CNc2cc(F)ccc2O[C@H]1Cc1ccccc1. The minimum Gasteiger partial charge on any atom is -0.486 e. The smallest absolute Gasteiger partial charge is 0.143 e. The van der Waals surface area contributed by atoms with E-state index >= 15 is 0 Å². The predicted octanol–water partition coefficient (Wildman–Crippen LogP) is 2.57. The number of nitrogens with one attached hydrogen (secondary N) is 1. The molecule has 0 amide bonds. The molecule has 3 rings (SSSR count). The molecule has 104 valence electrons. The lowest BCUT2D eigenvalue weighted by Crippen LogP contribution is -2.43. The van der Waals surface area contributed by atoms with Crippen LogP contribution >= 0.6 is 0 Å². The van der Waals surface area contributed by atoms with Gasteiger partial charge in [0.1, 0.15) is 17.7 Å².